The molecular formula is C12H17NO2. The van der Waals surface area contributed by atoms with Crippen molar-refractivity contribution in [2.45, 2.75) is 26.2 Å². The number of hydrogen-bond acceptors (Lipinski definition) is 3. The molecule has 0 saturated heterocycles. The smallest absolute Gasteiger partial charge is 0.127 e. The Hall–Kier alpha value is -1.51. The minimum atomic E-state index is 0.0737. The van der Waals surface area contributed by atoms with E-state index in [1.807, 2.05) is 18.2 Å². The van der Waals surface area contributed by atoms with Gasteiger partial charge in [-0.25, -0.2) is 0 Å². The maximum atomic E-state index is 8.55. The standard InChI is InChI=1S/C12H17NO2/c1-12(2,3)10-5-6-11(15-4)9(7-10)8-13-14/h5-8,14H,1-4H3/b13-8+. The van der Waals surface area contributed by atoms with Gasteiger partial charge in [0.15, 0.2) is 0 Å². The van der Waals surface area contributed by atoms with E-state index in [1.165, 1.54) is 11.8 Å². The molecule has 0 aliphatic carbocycles. The number of oxime groups is 1. The molecule has 0 unspecified atom stereocenters. The van der Waals surface area contributed by atoms with Gasteiger partial charge < -0.3 is 9.94 Å². The second-order valence-corrected chi connectivity index (χ2v) is 4.45. The van der Waals surface area contributed by atoms with Crippen molar-refractivity contribution in [3.05, 3.63) is 29.3 Å². The summed E-state index contributed by atoms with van der Waals surface area (Å²) < 4.78 is 5.16. The third kappa shape index (κ3) is 2.72. The van der Waals surface area contributed by atoms with Crippen LogP contribution in [-0.2, 0) is 5.41 Å². The lowest BCUT2D eigenvalue weighted by atomic mass is 9.86. The molecule has 3 nitrogen and oxygen atoms in total. The third-order valence-corrected chi connectivity index (χ3v) is 2.29. The van der Waals surface area contributed by atoms with Gasteiger partial charge in [0.25, 0.3) is 0 Å². The highest BCUT2D eigenvalue weighted by Gasteiger charge is 2.15. The molecule has 1 aromatic carbocycles. The molecule has 0 saturated carbocycles. The summed E-state index contributed by atoms with van der Waals surface area (Å²) in [6, 6.07) is 5.88. The Labute approximate surface area is 90.4 Å². The van der Waals surface area contributed by atoms with Gasteiger partial charge in [0.2, 0.25) is 0 Å². The Morgan fingerprint density at radius 3 is 2.47 bits per heavy atom. The molecule has 3 heteroatoms. The first-order valence-electron chi connectivity index (χ1n) is 4.85. The predicted molar refractivity (Wildman–Crippen MR) is 61.1 cm³/mol. The van der Waals surface area contributed by atoms with Crippen LogP contribution in [0.2, 0.25) is 0 Å². The van der Waals surface area contributed by atoms with Crippen molar-refractivity contribution in [2.24, 2.45) is 5.16 Å². The van der Waals surface area contributed by atoms with Crippen molar-refractivity contribution >= 4 is 6.21 Å². The lowest BCUT2D eigenvalue weighted by molar-refractivity contribution is 0.321. The van der Waals surface area contributed by atoms with Gasteiger partial charge in [0, 0.05) is 5.56 Å². The molecule has 0 fully saturated rings. The minimum Gasteiger partial charge on any atom is -0.496 e. The first-order valence-corrected chi connectivity index (χ1v) is 4.85. The van der Waals surface area contributed by atoms with Crippen molar-refractivity contribution in [3.63, 3.8) is 0 Å². The summed E-state index contributed by atoms with van der Waals surface area (Å²) in [6.07, 6.45) is 1.38. The molecule has 1 N–H and O–H groups in total. The van der Waals surface area contributed by atoms with Gasteiger partial charge in [-0.15, -0.1) is 0 Å². The van der Waals surface area contributed by atoms with E-state index in [4.69, 9.17) is 9.94 Å². The fraction of sp³-hybridized carbons (Fsp3) is 0.417. The number of ether oxygens (including phenoxy) is 1. The molecule has 15 heavy (non-hydrogen) atoms. The van der Waals surface area contributed by atoms with E-state index in [1.54, 1.807) is 7.11 Å². The molecule has 0 bridgehead atoms. The zero-order valence-electron chi connectivity index (χ0n) is 9.61. The van der Waals surface area contributed by atoms with E-state index in [2.05, 4.69) is 25.9 Å². The summed E-state index contributed by atoms with van der Waals surface area (Å²) in [7, 11) is 1.60. The van der Waals surface area contributed by atoms with Crippen LogP contribution >= 0.6 is 0 Å². The molecule has 1 aromatic rings. The van der Waals surface area contributed by atoms with E-state index in [0.29, 0.717) is 5.75 Å². The van der Waals surface area contributed by atoms with E-state index in [0.717, 1.165) is 5.56 Å². The largest absolute Gasteiger partial charge is 0.496 e. The lowest BCUT2D eigenvalue weighted by Crippen LogP contribution is -2.11. The first-order chi connectivity index (χ1) is 6.99. The van der Waals surface area contributed by atoms with Crippen LogP contribution in [0.3, 0.4) is 0 Å². The van der Waals surface area contributed by atoms with Crippen LogP contribution in [0.15, 0.2) is 23.4 Å². The highest BCUT2D eigenvalue weighted by Crippen LogP contribution is 2.26. The van der Waals surface area contributed by atoms with Gasteiger partial charge in [0.05, 0.1) is 13.3 Å². The highest BCUT2D eigenvalue weighted by atomic mass is 16.5. The molecule has 0 aliphatic heterocycles. The monoisotopic (exact) mass is 207 g/mol. The lowest BCUT2D eigenvalue weighted by Gasteiger charge is -2.20. The average Bonchev–Trinajstić information content (AvgIpc) is 2.17. The van der Waals surface area contributed by atoms with Gasteiger partial charge >= 0.3 is 0 Å². The van der Waals surface area contributed by atoms with Gasteiger partial charge in [-0.05, 0) is 23.1 Å². The molecule has 0 atom stereocenters. The SMILES string of the molecule is COc1ccc(C(C)(C)C)cc1/C=N/O. The minimum absolute atomic E-state index is 0.0737. The number of benzene rings is 1. The van der Waals surface area contributed by atoms with Crippen LogP contribution in [0.1, 0.15) is 31.9 Å². The van der Waals surface area contributed by atoms with Crippen LogP contribution in [0, 0.1) is 0 Å². The molecular weight excluding hydrogens is 190 g/mol. The topological polar surface area (TPSA) is 41.8 Å². The summed E-state index contributed by atoms with van der Waals surface area (Å²) in [4.78, 5) is 0. The molecule has 0 amide bonds. The zero-order valence-corrected chi connectivity index (χ0v) is 9.61. The first kappa shape index (κ1) is 11.6. The number of rotatable bonds is 2. The summed E-state index contributed by atoms with van der Waals surface area (Å²) in [6.45, 7) is 6.40. The van der Waals surface area contributed by atoms with Crippen molar-refractivity contribution in [1.29, 1.82) is 0 Å². The summed E-state index contributed by atoms with van der Waals surface area (Å²) in [5.41, 5.74) is 2.04. The number of hydrogen-bond donors (Lipinski definition) is 1. The molecule has 0 aromatic heterocycles. The van der Waals surface area contributed by atoms with E-state index < -0.39 is 0 Å². The van der Waals surface area contributed by atoms with E-state index in [-0.39, 0.29) is 5.41 Å². The van der Waals surface area contributed by atoms with Gasteiger partial charge in [-0.3, -0.25) is 0 Å². The maximum absolute atomic E-state index is 8.55. The van der Waals surface area contributed by atoms with Crippen LogP contribution in [0.4, 0.5) is 0 Å². The van der Waals surface area contributed by atoms with E-state index in [9.17, 15) is 0 Å². The van der Waals surface area contributed by atoms with Crippen LogP contribution < -0.4 is 4.74 Å². The van der Waals surface area contributed by atoms with Gasteiger partial charge in [-0.2, -0.15) is 0 Å². The fourth-order valence-electron chi connectivity index (χ4n) is 1.36. The number of methoxy groups -OCH3 is 1. The van der Waals surface area contributed by atoms with Crippen LogP contribution in [0.5, 0.6) is 5.75 Å². The Bertz CT molecular complexity index is 364. The average molecular weight is 207 g/mol. The Morgan fingerprint density at radius 2 is 2.00 bits per heavy atom. The third-order valence-electron chi connectivity index (χ3n) is 2.29. The van der Waals surface area contributed by atoms with Crippen molar-refractivity contribution in [1.82, 2.24) is 0 Å². The Kier molecular flexibility index (Phi) is 3.35. The normalized spacial score (nSPS) is 12.0. The fourth-order valence-corrected chi connectivity index (χ4v) is 1.36. The van der Waals surface area contributed by atoms with Crippen molar-refractivity contribution < 1.29 is 9.94 Å². The molecule has 0 aliphatic rings. The second-order valence-electron chi connectivity index (χ2n) is 4.45. The maximum Gasteiger partial charge on any atom is 0.127 e. The zero-order chi connectivity index (χ0) is 11.5. The van der Waals surface area contributed by atoms with Crippen molar-refractivity contribution in [3.8, 4) is 5.75 Å². The van der Waals surface area contributed by atoms with Crippen molar-refractivity contribution in [2.75, 3.05) is 7.11 Å². The molecule has 82 valence electrons. The predicted octanol–water partition coefficient (Wildman–Crippen LogP) is 2.80. The van der Waals surface area contributed by atoms with E-state index >= 15 is 0 Å². The van der Waals surface area contributed by atoms with Crippen LogP contribution in [0.25, 0.3) is 0 Å². The Morgan fingerprint density at radius 1 is 1.33 bits per heavy atom. The Balaban J connectivity index is 3.22. The van der Waals surface area contributed by atoms with Gasteiger partial charge in [-0.1, -0.05) is 32.0 Å². The summed E-state index contributed by atoms with van der Waals surface area (Å²) in [5.74, 6) is 0.709. The quantitative estimate of drug-likeness (QED) is 0.460. The highest BCUT2D eigenvalue weighted by molar-refractivity contribution is 5.83. The molecule has 0 radical (unpaired) electrons. The molecule has 0 heterocycles. The summed E-state index contributed by atoms with van der Waals surface area (Å²) >= 11 is 0. The molecule has 0 spiro atoms. The second kappa shape index (κ2) is 4.34. The number of nitrogens with zero attached hydrogens (tertiary/aromatic N) is 1. The summed E-state index contributed by atoms with van der Waals surface area (Å²) in [5, 5.41) is 11.6. The molecule has 1 rings (SSSR count). The van der Waals surface area contributed by atoms with Crippen LogP contribution in [-0.4, -0.2) is 18.5 Å². The van der Waals surface area contributed by atoms with Gasteiger partial charge in [0.1, 0.15) is 5.75 Å².